The molecule has 1 aromatic carbocycles. The number of rotatable bonds is 6. The first-order valence-electron chi connectivity index (χ1n) is 5.50. The highest BCUT2D eigenvalue weighted by Crippen LogP contribution is 2.35. The van der Waals surface area contributed by atoms with Gasteiger partial charge >= 0.3 is 7.60 Å². The summed E-state index contributed by atoms with van der Waals surface area (Å²) < 4.78 is 10.6. The number of phenols is 1. The number of amides is 1. The molecule has 0 atom stereocenters. The van der Waals surface area contributed by atoms with Gasteiger partial charge in [0.15, 0.2) is 0 Å². The van der Waals surface area contributed by atoms with Crippen LogP contribution in [0.25, 0.3) is 0 Å². The van der Waals surface area contributed by atoms with Gasteiger partial charge in [-0.05, 0) is 25.0 Å². The summed E-state index contributed by atoms with van der Waals surface area (Å²) in [4.78, 5) is 28.7. The largest absolute Gasteiger partial charge is 0.508 e. The summed E-state index contributed by atoms with van der Waals surface area (Å²) in [5.74, 6) is -0.180. The van der Waals surface area contributed by atoms with E-state index in [0.717, 1.165) is 0 Å². The minimum atomic E-state index is -3.96. The maximum Gasteiger partial charge on any atom is 0.325 e. The lowest BCUT2D eigenvalue weighted by molar-refractivity contribution is -0.116. The molecule has 100 valence electrons. The van der Waals surface area contributed by atoms with Gasteiger partial charge in [0.05, 0.1) is 0 Å². The number of carbonyl (C=O) groups excluding carboxylic acids is 1. The minimum Gasteiger partial charge on any atom is -0.508 e. The van der Waals surface area contributed by atoms with Crippen molar-refractivity contribution in [3.63, 3.8) is 0 Å². The van der Waals surface area contributed by atoms with Crippen LogP contribution in [-0.4, -0.2) is 27.0 Å². The zero-order valence-corrected chi connectivity index (χ0v) is 10.6. The summed E-state index contributed by atoms with van der Waals surface area (Å²) in [6.45, 7) is 0. The second-order valence-electron chi connectivity index (χ2n) is 3.94. The molecule has 0 unspecified atom stereocenters. The number of hydrogen-bond acceptors (Lipinski definition) is 3. The Kier molecular flexibility index (Phi) is 5.34. The third kappa shape index (κ3) is 6.39. The Morgan fingerprint density at radius 1 is 1.28 bits per heavy atom. The van der Waals surface area contributed by atoms with E-state index in [-0.39, 0.29) is 24.2 Å². The Hall–Kier alpha value is -1.36. The molecule has 0 aliphatic rings. The summed E-state index contributed by atoms with van der Waals surface area (Å²) in [6, 6.07) is 6.18. The average molecular weight is 273 g/mol. The molecule has 0 radical (unpaired) electrons. The molecule has 0 saturated heterocycles. The van der Waals surface area contributed by atoms with Crippen molar-refractivity contribution in [3.05, 3.63) is 24.3 Å². The summed E-state index contributed by atoms with van der Waals surface area (Å²) in [5, 5.41) is 11.8. The number of anilines is 1. The number of carbonyl (C=O) groups is 1. The standard InChI is InChI=1S/C11H16NO5P/c13-10-5-3-4-9(8-10)12-11(14)6-1-2-7-18(15,16)17/h3-5,8,13H,1-2,6-7H2,(H,12,14)(H2,15,16,17). The van der Waals surface area contributed by atoms with E-state index in [1.165, 1.54) is 12.1 Å². The van der Waals surface area contributed by atoms with Crippen LogP contribution in [0, 0.1) is 0 Å². The van der Waals surface area contributed by atoms with Gasteiger partial charge < -0.3 is 20.2 Å². The van der Waals surface area contributed by atoms with Gasteiger partial charge in [-0.3, -0.25) is 9.36 Å². The maximum absolute atomic E-state index is 11.5. The van der Waals surface area contributed by atoms with Crippen molar-refractivity contribution < 1.29 is 24.3 Å². The predicted octanol–water partition coefficient (Wildman–Crippen LogP) is 1.68. The van der Waals surface area contributed by atoms with Crippen LogP contribution in [0.3, 0.4) is 0 Å². The Morgan fingerprint density at radius 3 is 2.61 bits per heavy atom. The number of phenolic OH excluding ortho intramolecular Hbond substituents is 1. The first-order valence-corrected chi connectivity index (χ1v) is 7.30. The monoisotopic (exact) mass is 273 g/mol. The van der Waals surface area contributed by atoms with Crippen molar-refractivity contribution in [1.29, 1.82) is 0 Å². The molecule has 1 rings (SSSR count). The SMILES string of the molecule is O=C(CCCCP(=O)(O)O)Nc1cccc(O)c1. The molecule has 0 aliphatic carbocycles. The summed E-state index contributed by atoms with van der Waals surface area (Å²) in [7, 11) is -3.96. The van der Waals surface area contributed by atoms with Crippen LogP contribution in [-0.2, 0) is 9.36 Å². The van der Waals surface area contributed by atoms with Crippen molar-refractivity contribution in [1.82, 2.24) is 0 Å². The number of nitrogens with one attached hydrogen (secondary N) is 1. The van der Waals surface area contributed by atoms with Gasteiger partial charge in [-0.2, -0.15) is 0 Å². The van der Waals surface area contributed by atoms with Gasteiger partial charge in [0, 0.05) is 24.3 Å². The second kappa shape index (κ2) is 6.54. The molecule has 0 spiro atoms. The lowest BCUT2D eigenvalue weighted by Crippen LogP contribution is -2.11. The number of hydrogen-bond donors (Lipinski definition) is 4. The predicted molar refractivity (Wildman–Crippen MR) is 67.5 cm³/mol. The van der Waals surface area contributed by atoms with Crippen molar-refractivity contribution in [3.8, 4) is 5.75 Å². The lowest BCUT2D eigenvalue weighted by Gasteiger charge is -2.06. The van der Waals surface area contributed by atoms with Gasteiger partial charge in [-0.25, -0.2) is 0 Å². The van der Waals surface area contributed by atoms with Gasteiger partial charge in [-0.15, -0.1) is 0 Å². The van der Waals surface area contributed by atoms with Gasteiger partial charge in [-0.1, -0.05) is 6.07 Å². The molecule has 1 amide bonds. The smallest absolute Gasteiger partial charge is 0.325 e. The highest BCUT2D eigenvalue weighted by Gasteiger charge is 2.12. The third-order valence-electron chi connectivity index (χ3n) is 2.23. The molecular weight excluding hydrogens is 257 g/mol. The van der Waals surface area contributed by atoms with E-state index in [4.69, 9.17) is 9.79 Å². The minimum absolute atomic E-state index is 0.0642. The quantitative estimate of drug-likeness (QED) is 0.466. The fourth-order valence-corrected chi connectivity index (χ4v) is 2.05. The Bertz CT molecular complexity index is 457. The van der Waals surface area contributed by atoms with Crippen LogP contribution in [0.15, 0.2) is 24.3 Å². The van der Waals surface area contributed by atoms with Crippen LogP contribution in [0.4, 0.5) is 5.69 Å². The number of aromatic hydroxyl groups is 1. The van der Waals surface area contributed by atoms with E-state index >= 15 is 0 Å². The van der Waals surface area contributed by atoms with E-state index in [2.05, 4.69) is 5.32 Å². The Morgan fingerprint density at radius 2 is 2.00 bits per heavy atom. The van der Waals surface area contributed by atoms with E-state index < -0.39 is 7.60 Å². The molecule has 0 heterocycles. The molecule has 0 aliphatic heterocycles. The molecular formula is C11H16NO5P. The zero-order valence-electron chi connectivity index (χ0n) is 9.74. The molecule has 0 aromatic heterocycles. The first-order chi connectivity index (χ1) is 8.37. The molecule has 7 heteroatoms. The Balaban J connectivity index is 2.28. The zero-order chi connectivity index (χ0) is 13.6. The van der Waals surface area contributed by atoms with Crippen LogP contribution >= 0.6 is 7.60 Å². The highest BCUT2D eigenvalue weighted by atomic mass is 31.2. The Labute approximate surface area is 105 Å². The first kappa shape index (κ1) is 14.7. The van der Waals surface area contributed by atoms with Gasteiger partial charge in [0.2, 0.25) is 5.91 Å². The van der Waals surface area contributed by atoms with Crippen molar-refractivity contribution in [2.75, 3.05) is 11.5 Å². The van der Waals surface area contributed by atoms with E-state index in [9.17, 15) is 14.5 Å². The van der Waals surface area contributed by atoms with Crippen molar-refractivity contribution >= 4 is 19.2 Å². The summed E-state index contributed by atoms with van der Waals surface area (Å²) in [6.07, 6.45) is 0.704. The average Bonchev–Trinajstić information content (AvgIpc) is 2.23. The number of benzene rings is 1. The summed E-state index contributed by atoms with van der Waals surface area (Å²) in [5.41, 5.74) is 0.495. The normalized spacial score (nSPS) is 11.2. The molecule has 1 aromatic rings. The lowest BCUT2D eigenvalue weighted by atomic mass is 10.2. The third-order valence-corrected chi connectivity index (χ3v) is 3.13. The van der Waals surface area contributed by atoms with Crippen LogP contribution in [0.5, 0.6) is 5.75 Å². The molecule has 18 heavy (non-hydrogen) atoms. The topological polar surface area (TPSA) is 107 Å². The summed E-state index contributed by atoms with van der Waals surface area (Å²) >= 11 is 0. The van der Waals surface area contributed by atoms with Crippen molar-refractivity contribution in [2.45, 2.75) is 19.3 Å². The fraction of sp³-hybridized carbons (Fsp3) is 0.364. The second-order valence-corrected chi connectivity index (χ2v) is 5.72. The van der Waals surface area contributed by atoms with Crippen molar-refractivity contribution in [2.24, 2.45) is 0 Å². The van der Waals surface area contributed by atoms with E-state index in [1.54, 1.807) is 12.1 Å². The van der Waals surface area contributed by atoms with Gasteiger partial charge in [0.1, 0.15) is 5.75 Å². The highest BCUT2D eigenvalue weighted by molar-refractivity contribution is 7.51. The molecule has 0 bridgehead atoms. The molecule has 0 saturated carbocycles. The molecule has 4 N–H and O–H groups in total. The van der Waals surface area contributed by atoms with Crippen LogP contribution in [0.1, 0.15) is 19.3 Å². The van der Waals surface area contributed by atoms with Crippen LogP contribution < -0.4 is 5.32 Å². The number of unbranched alkanes of at least 4 members (excludes halogenated alkanes) is 1. The van der Waals surface area contributed by atoms with Gasteiger partial charge in [0.25, 0.3) is 0 Å². The fourth-order valence-electron chi connectivity index (χ4n) is 1.41. The van der Waals surface area contributed by atoms with E-state index in [0.29, 0.717) is 18.5 Å². The molecule has 0 fully saturated rings. The van der Waals surface area contributed by atoms with E-state index in [1.807, 2.05) is 0 Å². The van der Waals surface area contributed by atoms with Crippen LogP contribution in [0.2, 0.25) is 0 Å². The molecule has 6 nitrogen and oxygen atoms in total. The maximum atomic E-state index is 11.5.